The Kier molecular flexibility index (Phi) is 5.18. The molecule has 122 valence electrons. The predicted molar refractivity (Wildman–Crippen MR) is 92.3 cm³/mol. The Labute approximate surface area is 143 Å². The molecule has 0 atom stereocenters. The van der Waals surface area contributed by atoms with Crippen LogP contribution in [-0.2, 0) is 22.6 Å². The molecule has 0 unspecified atom stereocenters. The number of carbonyl (C=O) groups is 1. The summed E-state index contributed by atoms with van der Waals surface area (Å²) in [6, 6.07) is 11.8. The molecule has 6 heteroatoms. The fourth-order valence-corrected chi connectivity index (χ4v) is 2.66. The van der Waals surface area contributed by atoms with Gasteiger partial charge in [-0.05, 0) is 29.5 Å². The first-order valence-electron chi connectivity index (χ1n) is 7.55. The quantitative estimate of drug-likeness (QED) is 0.499. The molecule has 0 aliphatic heterocycles. The average Bonchev–Trinajstić information content (AvgIpc) is 3.30. The average molecular weight is 340 g/mol. The number of aryl methyl sites for hydroxylation is 1. The Morgan fingerprint density at radius 2 is 2.12 bits per heavy atom. The molecular weight excluding hydrogens is 324 g/mol. The Hall–Kier alpha value is -2.73. The van der Waals surface area contributed by atoms with Crippen molar-refractivity contribution in [3.63, 3.8) is 0 Å². The normalized spacial score (nSPS) is 11.0. The number of rotatable bonds is 6. The Bertz CT molecular complexity index is 820. The van der Waals surface area contributed by atoms with Crippen molar-refractivity contribution >= 4 is 23.4 Å². The van der Waals surface area contributed by atoms with Gasteiger partial charge in [-0.2, -0.15) is 4.98 Å². The minimum Gasteiger partial charge on any atom is -0.452 e. The van der Waals surface area contributed by atoms with E-state index in [4.69, 9.17) is 9.26 Å². The summed E-state index contributed by atoms with van der Waals surface area (Å²) in [5.74, 6) is 0.302. The van der Waals surface area contributed by atoms with Gasteiger partial charge in [-0.15, -0.1) is 11.3 Å². The summed E-state index contributed by atoms with van der Waals surface area (Å²) in [7, 11) is 0. The van der Waals surface area contributed by atoms with Crippen molar-refractivity contribution in [2.75, 3.05) is 0 Å². The molecule has 0 N–H and O–H groups in total. The highest BCUT2D eigenvalue weighted by atomic mass is 32.1. The number of benzene rings is 1. The molecule has 0 aliphatic carbocycles. The van der Waals surface area contributed by atoms with Gasteiger partial charge in [-0.3, -0.25) is 0 Å². The maximum Gasteiger partial charge on any atom is 0.331 e. The lowest BCUT2D eigenvalue weighted by atomic mass is 10.1. The summed E-state index contributed by atoms with van der Waals surface area (Å²) in [5, 5.41) is 5.86. The first-order chi connectivity index (χ1) is 11.7. The summed E-state index contributed by atoms with van der Waals surface area (Å²) >= 11 is 1.55. The third-order valence-electron chi connectivity index (χ3n) is 3.35. The molecular formula is C18H16N2O3S. The second kappa shape index (κ2) is 7.70. The van der Waals surface area contributed by atoms with Gasteiger partial charge in [0.2, 0.25) is 5.82 Å². The molecule has 0 saturated carbocycles. The Morgan fingerprint density at radius 1 is 1.29 bits per heavy atom. The van der Waals surface area contributed by atoms with Crippen molar-refractivity contribution < 1.29 is 14.1 Å². The van der Waals surface area contributed by atoms with Crippen molar-refractivity contribution in [2.45, 2.75) is 20.0 Å². The summed E-state index contributed by atoms with van der Waals surface area (Å²) in [6.07, 6.45) is 4.07. The van der Waals surface area contributed by atoms with Crippen LogP contribution in [0.4, 0.5) is 0 Å². The van der Waals surface area contributed by atoms with Gasteiger partial charge in [-0.1, -0.05) is 42.4 Å². The fourth-order valence-electron chi connectivity index (χ4n) is 2.04. The first kappa shape index (κ1) is 16.1. The summed E-state index contributed by atoms with van der Waals surface area (Å²) in [6.45, 7) is 2.05. The van der Waals surface area contributed by atoms with Gasteiger partial charge in [0.1, 0.15) is 0 Å². The van der Waals surface area contributed by atoms with Crippen molar-refractivity contribution in [3.8, 4) is 11.4 Å². The summed E-state index contributed by atoms with van der Waals surface area (Å²) in [4.78, 5) is 16.9. The standard InChI is InChI=1S/C18H16N2O3S/c1-2-13-5-7-14(8-6-13)18-19-16(23-20-18)12-22-17(21)10-9-15-4-3-11-24-15/h3-11H,2,12H2,1H3/b10-9+. The summed E-state index contributed by atoms with van der Waals surface area (Å²) in [5.41, 5.74) is 2.11. The largest absolute Gasteiger partial charge is 0.452 e. The van der Waals surface area contributed by atoms with Crippen LogP contribution in [0.3, 0.4) is 0 Å². The van der Waals surface area contributed by atoms with Crippen LogP contribution in [-0.4, -0.2) is 16.1 Å². The third-order valence-corrected chi connectivity index (χ3v) is 4.19. The van der Waals surface area contributed by atoms with Crippen LogP contribution in [0.2, 0.25) is 0 Å². The molecule has 0 spiro atoms. The van der Waals surface area contributed by atoms with E-state index in [9.17, 15) is 4.79 Å². The highest BCUT2D eigenvalue weighted by Gasteiger charge is 2.10. The van der Waals surface area contributed by atoms with Crippen LogP contribution in [0.5, 0.6) is 0 Å². The number of nitrogens with zero attached hydrogens (tertiary/aromatic N) is 2. The van der Waals surface area contributed by atoms with Crippen molar-refractivity contribution in [1.29, 1.82) is 0 Å². The van der Waals surface area contributed by atoms with Gasteiger partial charge in [0.15, 0.2) is 6.61 Å². The zero-order valence-electron chi connectivity index (χ0n) is 13.1. The minimum atomic E-state index is -0.449. The highest BCUT2D eigenvalue weighted by molar-refractivity contribution is 7.10. The van der Waals surface area contributed by atoms with E-state index in [1.165, 1.54) is 11.6 Å². The van der Waals surface area contributed by atoms with Crippen molar-refractivity contribution in [3.05, 3.63) is 64.2 Å². The number of thiophene rings is 1. The summed E-state index contributed by atoms with van der Waals surface area (Å²) < 4.78 is 10.2. The monoisotopic (exact) mass is 340 g/mol. The molecule has 3 aromatic rings. The van der Waals surface area contributed by atoms with Gasteiger partial charge in [0, 0.05) is 16.5 Å². The van der Waals surface area contributed by atoms with Crippen molar-refractivity contribution in [2.24, 2.45) is 0 Å². The molecule has 2 heterocycles. The SMILES string of the molecule is CCc1ccc(-c2noc(COC(=O)/C=C/c3cccs3)n2)cc1. The van der Waals surface area contributed by atoms with E-state index in [-0.39, 0.29) is 12.5 Å². The molecule has 5 nitrogen and oxygen atoms in total. The van der Waals surface area contributed by atoms with Crippen LogP contribution >= 0.6 is 11.3 Å². The highest BCUT2D eigenvalue weighted by Crippen LogP contribution is 2.17. The number of carbonyl (C=O) groups excluding carboxylic acids is 1. The maximum absolute atomic E-state index is 11.7. The van der Waals surface area contributed by atoms with Gasteiger partial charge in [0.25, 0.3) is 5.89 Å². The van der Waals surface area contributed by atoms with E-state index in [2.05, 4.69) is 17.1 Å². The van der Waals surface area contributed by atoms with E-state index in [1.54, 1.807) is 17.4 Å². The molecule has 1 aromatic carbocycles. The second-order valence-electron chi connectivity index (χ2n) is 5.02. The molecule has 2 aromatic heterocycles. The van der Waals surface area contributed by atoms with Gasteiger partial charge < -0.3 is 9.26 Å². The van der Waals surface area contributed by atoms with Gasteiger partial charge in [-0.25, -0.2) is 4.79 Å². The van der Waals surface area contributed by atoms with E-state index in [0.29, 0.717) is 5.82 Å². The number of hydrogen-bond donors (Lipinski definition) is 0. The molecule has 0 saturated heterocycles. The number of aromatic nitrogens is 2. The number of ether oxygens (including phenoxy) is 1. The third kappa shape index (κ3) is 4.17. The van der Waals surface area contributed by atoms with Crippen LogP contribution in [0.25, 0.3) is 17.5 Å². The lowest BCUT2D eigenvalue weighted by molar-refractivity contribution is -0.139. The molecule has 24 heavy (non-hydrogen) atoms. The Balaban J connectivity index is 1.56. The van der Waals surface area contributed by atoms with Crippen LogP contribution in [0.15, 0.2) is 52.4 Å². The molecule has 0 radical (unpaired) electrons. The predicted octanol–water partition coefficient (Wildman–Crippen LogP) is 4.12. The molecule has 0 amide bonds. The first-order valence-corrected chi connectivity index (χ1v) is 8.43. The lowest BCUT2D eigenvalue weighted by Crippen LogP contribution is -2.00. The van der Waals surface area contributed by atoms with Gasteiger partial charge >= 0.3 is 5.97 Å². The minimum absolute atomic E-state index is 0.0480. The van der Waals surface area contributed by atoms with E-state index in [0.717, 1.165) is 16.9 Å². The smallest absolute Gasteiger partial charge is 0.331 e. The van der Waals surface area contributed by atoms with Gasteiger partial charge in [0.05, 0.1) is 0 Å². The van der Waals surface area contributed by atoms with E-state index >= 15 is 0 Å². The molecule has 0 fully saturated rings. The zero-order chi connectivity index (χ0) is 16.8. The topological polar surface area (TPSA) is 65.2 Å². The van der Waals surface area contributed by atoms with Crippen LogP contribution < -0.4 is 0 Å². The maximum atomic E-state index is 11.7. The number of esters is 1. The number of hydrogen-bond acceptors (Lipinski definition) is 6. The van der Waals surface area contributed by atoms with E-state index in [1.807, 2.05) is 41.8 Å². The van der Waals surface area contributed by atoms with Crippen molar-refractivity contribution in [1.82, 2.24) is 10.1 Å². The molecule has 0 aliphatic rings. The molecule has 3 rings (SSSR count). The van der Waals surface area contributed by atoms with Crippen LogP contribution in [0, 0.1) is 0 Å². The fraction of sp³-hybridized carbons (Fsp3) is 0.167. The van der Waals surface area contributed by atoms with E-state index < -0.39 is 5.97 Å². The van der Waals surface area contributed by atoms with Crippen LogP contribution in [0.1, 0.15) is 23.3 Å². The Morgan fingerprint density at radius 3 is 2.83 bits per heavy atom. The lowest BCUT2D eigenvalue weighted by Gasteiger charge is -1.97. The second-order valence-corrected chi connectivity index (χ2v) is 6.00. The molecule has 0 bridgehead atoms. The zero-order valence-corrected chi connectivity index (χ0v) is 14.0.